The van der Waals surface area contributed by atoms with Gasteiger partial charge in [0.1, 0.15) is 0 Å². The van der Waals surface area contributed by atoms with Crippen LogP contribution in [0.1, 0.15) is 12.0 Å². The number of carboxylic acid groups (broad SMARTS) is 1. The largest absolute Gasteiger partial charge is 0.479 e. The van der Waals surface area contributed by atoms with Crippen LogP contribution in [0.4, 0.5) is 10.5 Å². The molecule has 0 spiro atoms. The molecule has 0 heterocycles. The number of nitrogens with one attached hydrogen (secondary N) is 2. The third-order valence-corrected chi connectivity index (χ3v) is 2.48. The van der Waals surface area contributed by atoms with Crippen LogP contribution in [-0.2, 0) is 16.1 Å². The Morgan fingerprint density at radius 2 is 2.15 bits per heavy atom. The van der Waals surface area contributed by atoms with E-state index in [4.69, 9.17) is 14.9 Å². The zero-order chi connectivity index (χ0) is 15.0. The van der Waals surface area contributed by atoms with Gasteiger partial charge in [0.15, 0.2) is 6.10 Å². The highest BCUT2D eigenvalue weighted by Gasteiger charge is 2.12. The summed E-state index contributed by atoms with van der Waals surface area (Å²) >= 11 is 0. The minimum Gasteiger partial charge on any atom is -0.479 e. The summed E-state index contributed by atoms with van der Waals surface area (Å²) in [6.07, 6.45) is -1.52. The molecule has 0 bridgehead atoms. The molecule has 7 heteroatoms. The van der Waals surface area contributed by atoms with Crippen molar-refractivity contribution >= 4 is 17.7 Å². The van der Waals surface area contributed by atoms with E-state index in [1.165, 1.54) is 0 Å². The molecule has 0 radical (unpaired) electrons. The molecule has 1 rings (SSSR count). The molecule has 7 nitrogen and oxygen atoms in total. The van der Waals surface area contributed by atoms with Gasteiger partial charge in [0.05, 0.1) is 6.61 Å². The molecular weight excluding hydrogens is 264 g/mol. The van der Waals surface area contributed by atoms with Gasteiger partial charge in [0.25, 0.3) is 0 Å². The second-order valence-electron chi connectivity index (χ2n) is 4.16. The van der Waals surface area contributed by atoms with E-state index in [0.717, 1.165) is 5.56 Å². The molecule has 2 amide bonds. The number of hydrogen-bond donors (Lipinski definition) is 4. The summed E-state index contributed by atoms with van der Waals surface area (Å²) in [5.41, 5.74) is 1.53. The number of carbonyl (C=O) groups is 2. The smallest absolute Gasteiger partial charge is 0.332 e. The van der Waals surface area contributed by atoms with Gasteiger partial charge >= 0.3 is 12.0 Å². The fraction of sp³-hybridized carbons (Fsp3) is 0.385. The second-order valence-corrected chi connectivity index (χ2v) is 4.16. The molecular formula is C13H18N2O5. The van der Waals surface area contributed by atoms with E-state index in [9.17, 15) is 9.59 Å². The lowest BCUT2D eigenvalue weighted by atomic mass is 10.2. The molecule has 0 aromatic heterocycles. The average Bonchev–Trinajstić information content (AvgIpc) is 2.39. The van der Waals surface area contributed by atoms with Gasteiger partial charge in [0, 0.05) is 25.8 Å². The van der Waals surface area contributed by atoms with Gasteiger partial charge in [-0.2, -0.15) is 0 Å². The number of rotatable bonds is 7. The summed E-state index contributed by atoms with van der Waals surface area (Å²) in [5.74, 6) is -1.31. The molecule has 0 aliphatic rings. The molecule has 0 aliphatic heterocycles. The zero-order valence-corrected chi connectivity index (χ0v) is 11.1. The number of urea groups is 1. The van der Waals surface area contributed by atoms with E-state index in [1.54, 1.807) is 25.3 Å². The molecule has 4 N–H and O–H groups in total. The number of methoxy groups -OCH3 is 1. The molecule has 1 aromatic carbocycles. The molecule has 0 fully saturated rings. The normalized spacial score (nSPS) is 11.7. The predicted octanol–water partition coefficient (Wildman–Crippen LogP) is 0.790. The first-order valence-corrected chi connectivity index (χ1v) is 6.06. The van der Waals surface area contributed by atoms with Crippen LogP contribution in [0, 0.1) is 0 Å². The van der Waals surface area contributed by atoms with Crippen LogP contribution >= 0.6 is 0 Å². The number of carbonyl (C=O) groups excluding carboxylic acids is 1. The fourth-order valence-electron chi connectivity index (χ4n) is 1.53. The first kappa shape index (κ1) is 15.9. The standard InChI is InChI=1S/C13H18N2O5/c1-20-8-9-3-2-4-10(7-9)15-13(19)14-6-5-11(16)12(17)18/h2-4,7,11,16H,5-6,8H2,1H3,(H,17,18)(H2,14,15,19)/t11-/m0/s1. The number of benzene rings is 1. The highest BCUT2D eigenvalue weighted by atomic mass is 16.5. The number of aliphatic carboxylic acids is 1. The van der Waals surface area contributed by atoms with E-state index < -0.39 is 18.1 Å². The Morgan fingerprint density at radius 3 is 2.80 bits per heavy atom. The van der Waals surface area contributed by atoms with Crippen LogP contribution in [0.25, 0.3) is 0 Å². The molecule has 110 valence electrons. The van der Waals surface area contributed by atoms with Crippen molar-refractivity contribution < 1.29 is 24.5 Å². The average molecular weight is 282 g/mol. The number of hydrogen-bond acceptors (Lipinski definition) is 4. The van der Waals surface area contributed by atoms with Crippen LogP contribution in [0.3, 0.4) is 0 Å². The van der Waals surface area contributed by atoms with Crippen LogP contribution in [0.5, 0.6) is 0 Å². The molecule has 0 saturated carbocycles. The Balaban J connectivity index is 2.38. The molecule has 20 heavy (non-hydrogen) atoms. The minimum absolute atomic E-state index is 0.0491. The Morgan fingerprint density at radius 1 is 1.40 bits per heavy atom. The summed E-state index contributed by atoms with van der Waals surface area (Å²) in [5, 5.41) is 22.6. The number of anilines is 1. The maximum atomic E-state index is 11.6. The van der Waals surface area contributed by atoms with Gasteiger partial charge in [-0.05, 0) is 17.7 Å². The highest BCUT2D eigenvalue weighted by molar-refractivity contribution is 5.89. The zero-order valence-electron chi connectivity index (χ0n) is 11.1. The first-order chi connectivity index (χ1) is 9.52. The van der Waals surface area contributed by atoms with E-state index >= 15 is 0 Å². The van der Waals surface area contributed by atoms with Crippen molar-refractivity contribution in [3.8, 4) is 0 Å². The van der Waals surface area contributed by atoms with Gasteiger partial charge in [-0.25, -0.2) is 9.59 Å². The molecule has 0 aliphatic carbocycles. The number of aliphatic hydroxyl groups excluding tert-OH is 1. The van der Waals surface area contributed by atoms with Gasteiger partial charge in [-0.3, -0.25) is 0 Å². The van der Waals surface area contributed by atoms with Crippen molar-refractivity contribution in [3.63, 3.8) is 0 Å². The maximum absolute atomic E-state index is 11.6. The summed E-state index contributed by atoms with van der Waals surface area (Å²) in [7, 11) is 1.58. The van der Waals surface area contributed by atoms with Crippen molar-refractivity contribution in [1.29, 1.82) is 0 Å². The number of carboxylic acids is 1. The minimum atomic E-state index is -1.47. The van der Waals surface area contributed by atoms with E-state index in [1.807, 2.05) is 6.07 Å². The molecule has 1 aromatic rings. The van der Waals surface area contributed by atoms with Crippen LogP contribution < -0.4 is 10.6 Å². The number of aliphatic hydroxyl groups is 1. The van der Waals surface area contributed by atoms with Crippen molar-refractivity contribution in [2.24, 2.45) is 0 Å². The summed E-state index contributed by atoms with van der Waals surface area (Å²) < 4.78 is 4.99. The van der Waals surface area contributed by atoms with Crippen molar-refractivity contribution in [2.75, 3.05) is 19.0 Å². The molecule has 1 atom stereocenters. The lowest BCUT2D eigenvalue weighted by Gasteiger charge is -2.10. The Kier molecular flexibility index (Phi) is 6.48. The van der Waals surface area contributed by atoms with Gasteiger partial charge in [0.2, 0.25) is 0 Å². The Hall–Kier alpha value is -2.12. The van der Waals surface area contributed by atoms with Crippen molar-refractivity contribution in [1.82, 2.24) is 5.32 Å². The third-order valence-electron chi connectivity index (χ3n) is 2.48. The number of amides is 2. The molecule has 0 unspecified atom stereocenters. The topological polar surface area (TPSA) is 108 Å². The van der Waals surface area contributed by atoms with Gasteiger partial charge in [-0.1, -0.05) is 12.1 Å². The SMILES string of the molecule is COCc1cccc(NC(=O)NCC[C@H](O)C(=O)O)c1. The Labute approximate surface area is 116 Å². The monoisotopic (exact) mass is 282 g/mol. The highest BCUT2D eigenvalue weighted by Crippen LogP contribution is 2.11. The van der Waals surface area contributed by atoms with Crippen LogP contribution in [-0.4, -0.2) is 42.0 Å². The van der Waals surface area contributed by atoms with Gasteiger partial charge < -0.3 is 25.6 Å². The third kappa shape index (κ3) is 5.68. The van der Waals surface area contributed by atoms with Crippen LogP contribution in [0.2, 0.25) is 0 Å². The quantitative estimate of drug-likeness (QED) is 0.591. The Bertz CT molecular complexity index is 464. The van der Waals surface area contributed by atoms with Crippen LogP contribution in [0.15, 0.2) is 24.3 Å². The first-order valence-electron chi connectivity index (χ1n) is 6.06. The molecule has 0 saturated heterocycles. The van der Waals surface area contributed by atoms with E-state index in [0.29, 0.717) is 12.3 Å². The second kappa shape index (κ2) is 8.13. The summed E-state index contributed by atoms with van der Waals surface area (Å²) in [6.45, 7) is 0.513. The summed E-state index contributed by atoms with van der Waals surface area (Å²) in [6, 6.07) is 6.70. The van der Waals surface area contributed by atoms with Gasteiger partial charge in [-0.15, -0.1) is 0 Å². The summed E-state index contributed by atoms with van der Waals surface area (Å²) in [4.78, 5) is 21.9. The number of ether oxygens (including phenoxy) is 1. The van der Waals surface area contributed by atoms with E-state index in [2.05, 4.69) is 10.6 Å². The van der Waals surface area contributed by atoms with Crippen molar-refractivity contribution in [3.05, 3.63) is 29.8 Å². The van der Waals surface area contributed by atoms with Crippen molar-refractivity contribution in [2.45, 2.75) is 19.1 Å². The lowest BCUT2D eigenvalue weighted by molar-refractivity contribution is -0.146. The predicted molar refractivity (Wildman–Crippen MR) is 72.4 cm³/mol. The maximum Gasteiger partial charge on any atom is 0.332 e. The lowest BCUT2D eigenvalue weighted by Crippen LogP contribution is -2.33. The fourth-order valence-corrected chi connectivity index (χ4v) is 1.53. The van der Waals surface area contributed by atoms with E-state index in [-0.39, 0.29) is 13.0 Å².